The molecule has 0 aliphatic rings. The Hall–Kier alpha value is -1.61. The second-order valence-corrected chi connectivity index (χ2v) is 5.82. The van der Waals surface area contributed by atoms with Crippen LogP contribution in [-0.2, 0) is 0 Å². The van der Waals surface area contributed by atoms with E-state index >= 15 is 0 Å². The van der Waals surface area contributed by atoms with Crippen molar-refractivity contribution in [2.75, 3.05) is 6.61 Å². The monoisotopic (exact) mass is 274 g/mol. The topological polar surface area (TPSA) is 26.3 Å². The number of hydrogen-bond acceptors (Lipinski definition) is 3. The largest absolute Gasteiger partial charge is 0.485 e. The van der Waals surface area contributed by atoms with Gasteiger partial charge in [0.1, 0.15) is 5.75 Å². The fourth-order valence-corrected chi connectivity index (χ4v) is 2.43. The minimum absolute atomic E-state index is 0.0318. The highest BCUT2D eigenvalue weighted by Gasteiger charge is 2.10. The molecule has 100 valence electrons. The fraction of sp³-hybridized carbons (Fsp3) is 0.312. The average molecular weight is 274 g/mol. The summed E-state index contributed by atoms with van der Waals surface area (Å²) in [5.74, 6) is 1.29. The normalized spacial score (nSPS) is 10.7. The Kier molecular flexibility index (Phi) is 4.38. The Morgan fingerprint density at radius 2 is 2.11 bits per heavy atom. The highest BCUT2D eigenvalue weighted by Crippen LogP contribution is 2.24. The summed E-state index contributed by atoms with van der Waals surface area (Å²) in [4.78, 5) is 12.6. The molecule has 2 aromatic rings. The van der Waals surface area contributed by atoms with Crippen LogP contribution in [0.3, 0.4) is 0 Å². The zero-order valence-corrected chi connectivity index (χ0v) is 12.3. The number of benzene rings is 1. The summed E-state index contributed by atoms with van der Waals surface area (Å²) in [5, 5.41) is 1.90. The van der Waals surface area contributed by atoms with Gasteiger partial charge >= 0.3 is 0 Å². The number of carbonyl (C=O) groups excluding carboxylic acids is 1. The molecule has 0 amide bonds. The molecule has 0 unspecified atom stereocenters. The number of hydrogen-bond donors (Lipinski definition) is 0. The van der Waals surface area contributed by atoms with Crippen molar-refractivity contribution in [2.24, 2.45) is 0 Å². The maximum absolute atomic E-state index is 11.9. The van der Waals surface area contributed by atoms with Gasteiger partial charge in [0.15, 0.2) is 6.61 Å². The van der Waals surface area contributed by atoms with Gasteiger partial charge in [-0.25, -0.2) is 0 Å². The van der Waals surface area contributed by atoms with Gasteiger partial charge in [0, 0.05) is 0 Å². The van der Waals surface area contributed by atoms with Gasteiger partial charge in [0.2, 0.25) is 5.78 Å². The molecule has 0 aliphatic carbocycles. The molecule has 0 bridgehead atoms. The van der Waals surface area contributed by atoms with E-state index in [0.717, 1.165) is 16.2 Å². The lowest BCUT2D eigenvalue weighted by molar-refractivity contribution is 0.0925. The van der Waals surface area contributed by atoms with E-state index in [1.807, 2.05) is 36.6 Å². The SMILES string of the molecule is Cc1ccc(C(C)C)cc1OCC(=O)c1cccs1. The maximum Gasteiger partial charge on any atom is 0.210 e. The molecular formula is C16H18O2S. The lowest BCUT2D eigenvalue weighted by Gasteiger charge is -2.12. The van der Waals surface area contributed by atoms with Crippen molar-refractivity contribution in [3.05, 3.63) is 51.7 Å². The van der Waals surface area contributed by atoms with Crippen molar-refractivity contribution < 1.29 is 9.53 Å². The smallest absolute Gasteiger partial charge is 0.210 e. The number of Topliss-reactive ketones (excluding diaryl/α,β-unsaturated/α-hetero) is 1. The van der Waals surface area contributed by atoms with Crippen molar-refractivity contribution in [1.82, 2.24) is 0 Å². The van der Waals surface area contributed by atoms with E-state index in [0.29, 0.717) is 5.92 Å². The van der Waals surface area contributed by atoms with Crippen LogP contribution in [0.4, 0.5) is 0 Å². The molecule has 0 saturated heterocycles. The minimum Gasteiger partial charge on any atom is -0.485 e. The number of ether oxygens (including phenoxy) is 1. The summed E-state index contributed by atoms with van der Waals surface area (Å²) in [6.07, 6.45) is 0. The van der Waals surface area contributed by atoms with Crippen LogP contribution in [0.5, 0.6) is 5.75 Å². The fourth-order valence-electron chi connectivity index (χ4n) is 1.78. The molecule has 19 heavy (non-hydrogen) atoms. The summed E-state index contributed by atoms with van der Waals surface area (Å²) in [6.45, 7) is 6.38. The summed E-state index contributed by atoms with van der Waals surface area (Å²) in [5.41, 5.74) is 2.28. The predicted molar refractivity (Wildman–Crippen MR) is 79.4 cm³/mol. The lowest BCUT2D eigenvalue weighted by Crippen LogP contribution is -2.11. The zero-order chi connectivity index (χ0) is 13.8. The van der Waals surface area contributed by atoms with Gasteiger partial charge in [-0.2, -0.15) is 0 Å². The molecule has 0 saturated carbocycles. The Bertz CT molecular complexity index is 556. The molecule has 0 N–H and O–H groups in total. The third-order valence-corrected chi connectivity index (χ3v) is 3.94. The Morgan fingerprint density at radius 1 is 1.32 bits per heavy atom. The highest BCUT2D eigenvalue weighted by molar-refractivity contribution is 7.12. The number of carbonyl (C=O) groups is 1. The highest BCUT2D eigenvalue weighted by atomic mass is 32.1. The third kappa shape index (κ3) is 3.44. The van der Waals surface area contributed by atoms with Gasteiger partial charge in [0.05, 0.1) is 4.88 Å². The van der Waals surface area contributed by atoms with Crippen LogP contribution in [0, 0.1) is 6.92 Å². The number of thiophene rings is 1. The quantitative estimate of drug-likeness (QED) is 0.753. The van der Waals surface area contributed by atoms with Gasteiger partial charge < -0.3 is 4.74 Å². The maximum atomic E-state index is 11.9. The molecule has 0 fully saturated rings. The van der Waals surface area contributed by atoms with E-state index in [4.69, 9.17) is 4.74 Å². The van der Waals surface area contributed by atoms with E-state index in [9.17, 15) is 4.79 Å². The summed E-state index contributed by atoms with van der Waals surface area (Å²) >= 11 is 1.45. The van der Waals surface area contributed by atoms with Crippen molar-refractivity contribution in [2.45, 2.75) is 26.7 Å². The summed E-state index contributed by atoms with van der Waals surface area (Å²) < 4.78 is 5.67. The summed E-state index contributed by atoms with van der Waals surface area (Å²) in [7, 11) is 0. The zero-order valence-electron chi connectivity index (χ0n) is 11.5. The van der Waals surface area contributed by atoms with Gasteiger partial charge in [-0.15, -0.1) is 11.3 Å². The number of aryl methyl sites for hydroxylation is 1. The Balaban J connectivity index is 2.07. The van der Waals surface area contributed by atoms with Crippen molar-refractivity contribution in [3.63, 3.8) is 0 Å². The van der Waals surface area contributed by atoms with Crippen LogP contribution in [0.25, 0.3) is 0 Å². The minimum atomic E-state index is 0.0318. The third-order valence-electron chi connectivity index (χ3n) is 3.03. The first-order valence-electron chi connectivity index (χ1n) is 6.38. The Labute approximate surface area is 118 Å². The van der Waals surface area contributed by atoms with Crippen molar-refractivity contribution in [1.29, 1.82) is 0 Å². The second kappa shape index (κ2) is 6.02. The number of ketones is 1. The summed E-state index contributed by atoms with van der Waals surface area (Å²) in [6, 6.07) is 9.88. The molecule has 0 aliphatic heterocycles. The van der Waals surface area contributed by atoms with Gasteiger partial charge in [0.25, 0.3) is 0 Å². The van der Waals surface area contributed by atoms with Crippen LogP contribution in [0.2, 0.25) is 0 Å². The Morgan fingerprint density at radius 3 is 2.74 bits per heavy atom. The molecule has 2 rings (SSSR count). The first kappa shape index (κ1) is 13.8. The molecule has 0 atom stereocenters. The van der Waals surface area contributed by atoms with E-state index < -0.39 is 0 Å². The van der Waals surface area contributed by atoms with Gasteiger partial charge in [-0.3, -0.25) is 4.79 Å². The first-order chi connectivity index (χ1) is 9.08. The van der Waals surface area contributed by atoms with Crippen LogP contribution in [0.15, 0.2) is 35.7 Å². The molecule has 1 heterocycles. The van der Waals surface area contributed by atoms with Crippen LogP contribution in [0.1, 0.15) is 40.6 Å². The number of rotatable bonds is 5. The van der Waals surface area contributed by atoms with E-state index in [-0.39, 0.29) is 12.4 Å². The lowest BCUT2D eigenvalue weighted by atomic mass is 10.0. The van der Waals surface area contributed by atoms with Crippen molar-refractivity contribution >= 4 is 17.1 Å². The first-order valence-corrected chi connectivity index (χ1v) is 7.26. The van der Waals surface area contributed by atoms with Crippen molar-refractivity contribution in [3.8, 4) is 5.75 Å². The van der Waals surface area contributed by atoms with E-state index in [2.05, 4.69) is 19.9 Å². The van der Waals surface area contributed by atoms with Crippen LogP contribution >= 0.6 is 11.3 Å². The molecule has 1 aromatic carbocycles. The standard InChI is InChI=1S/C16H18O2S/c1-11(2)13-7-6-12(3)15(9-13)18-10-14(17)16-5-4-8-19-16/h4-9,11H,10H2,1-3H3. The molecule has 1 aromatic heterocycles. The molecule has 3 heteroatoms. The molecule has 0 radical (unpaired) electrons. The van der Waals surface area contributed by atoms with E-state index in [1.54, 1.807) is 0 Å². The molecular weight excluding hydrogens is 256 g/mol. The molecule has 2 nitrogen and oxygen atoms in total. The van der Waals surface area contributed by atoms with Crippen LogP contribution < -0.4 is 4.74 Å². The van der Waals surface area contributed by atoms with E-state index in [1.165, 1.54) is 16.9 Å². The average Bonchev–Trinajstić information content (AvgIpc) is 2.91. The second-order valence-electron chi connectivity index (χ2n) is 4.87. The van der Waals surface area contributed by atoms with Gasteiger partial charge in [-0.1, -0.05) is 32.0 Å². The predicted octanol–water partition coefficient (Wildman–Crippen LogP) is 4.44. The molecule has 0 spiro atoms. The van der Waals surface area contributed by atoms with Crippen LogP contribution in [-0.4, -0.2) is 12.4 Å². The van der Waals surface area contributed by atoms with Gasteiger partial charge in [-0.05, 0) is 41.5 Å².